The van der Waals surface area contributed by atoms with Crippen molar-refractivity contribution in [2.75, 3.05) is 39.3 Å². The maximum absolute atomic E-state index is 10.2. The van der Waals surface area contributed by atoms with Gasteiger partial charge in [-0.05, 0) is 67.4 Å². The van der Waals surface area contributed by atoms with Gasteiger partial charge in [0.25, 0.3) is 0 Å². The Bertz CT molecular complexity index is 844. The topological polar surface area (TPSA) is 100.0 Å². The highest BCUT2D eigenvalue weighted by Crippen LogP contribution is 2.39. The van der Waals surface area contributed by atoms with Crippen LogP contribution >= 0.6 is 24.0 Å². The maximum atomic E-state index is 10.2. The molecule has 0 amide bonds. The number of likely N-dealkylation sites (tertiary alicyclic amines) is 1. The second-order valence-corrected chi connectivity index (χ2v) is 9.62. The third-order valence-electron chi connectivity index (χ3n) is 6.24. The fourth-order valence-corrected chi connectivity index (χ4v) is 6.02. The Morgan fingerprint density at radius 2 is 1.93 bits per heavy atom. The van der Waals surface area contributed by atoms with Crippen LogP contribution in [0.1, 0.15) is 25.7 Å². The van der Waals surface area contributed by atoms with Crippen molar-refractivity contribution in [3.63, 3.8) is 0 Å². The minimum absolute atomic E-state index is 0.425. The second kappa shape index (κ2) is 9.41. The first kappa shape index (κ1) is 20.5. The molecule has 0 aromatic rings. The number of hydrogen-bond donors (Lipinski definition) is 3. The van der Waals surface area contributed by atoms with E-state index in [9.17, 15) is 4.55 Å². The number of nitrogens with one attached hydrogen (secondary N) is 2. The molecule has 5 rings (SSSR count). The molecule has 0 spiro atoms. The van der Waals surface area contributed by atoms with Crippen LogP contribution in [0.5, 0.6) is 0 Å². The third-order valence-corrected chi connectivity index (χ3v) is 7.99. The van der Waals surface area contributed by atoms with Crippen LogP contribution in [0.4, 0.5) is 0 Å². The lowest BCUT2D eigenvalue weighted by molar-refractivity contribution is -0.598. The van der Waals surface area contributed by atoms with Gasteiger partial charge in [0.15, 0.2) is 13.1 Å². The van der Waals surface area contributed by atoms with Crippen LogP contribution in [0.25, 0.3) is 0 Å². The van der Waals surface area contributed by atoms with Crippen molar-refractivity contribution in [1.29, 1.82) is 0 Å². The van der Waals surface area contributed by atoms with Crippen LogP contribution < -0.4 is 10.0 Å². The summed E-state index contributed by atoms with van der Waals surface area (Å²) < 4.78 is 16.0. The molecule has 3 saturated heterocycles. The Morgan fingerprint density at radius 1 is 1.13 bits per heavy atom. The maximum Gasteiger partial charge on any atom is 0.215 e. The summed E-state index contributed by atoms with van der Waals surface area (Å²) in [4.78, 5) is 4.34. The lowest BCUT2D eigenvalue weighted by atomic mass is 9.99. The van der Waals surface area contributed by atoms with Crippen LogP contribution in [-0.2, 0) is 0 Å². The fourth-order valence-electron chi connectivity index (χ4n) is 4.52. The van der Waals surface area contributed by atoms with E-state index in [1.807, 2.05) is 0 Å². The van der Waals surface area contributed by atoms with Crippen LogP contribution in [0.2, 0.25) is 0 Å². The number of nitrogens with zero attached hydrogens (tertiary/aromatic N) is 6. The summed E-state index contributed by atoms with van der Waals surface area (Å²) >= 11 is 2.30. The predicted molar refractivity (Wildman–Crippen MR) is 119 cm³/mol. The van der Waals surface area contributed by atoms with Gasteiger partial charge in [-0.1, -0.05) is 6.42 Å². The molecule has 0 unspecified atom stereocenters. The predicted octanol–water partition coefficient (Wildman–Crippen LogP) is 2.94. The van der Waals surface area contributed by atoms with Crippen molar-refractivity contribution in [2.24, 2.45) is 20.7 Å². The smallest absolute Gasteiger partial charge is 0.215 e. The van der Waals surface area contributed by atoms with Gasteiger partial charge in [0.05, 0.1) is 4.91 Å². The molecule has 30 heavy (non-hydrogen) atoms. The van der Waals surface area contributed by atoms with E-state index in [0.717, 1.165) is 65.7 Å². The van der Waals surface area contributed by atoms with E-state index in [0.29, 0.717) is 17.9 Å². The molecular formula is C19H27N8OS2+. The van der Waals surface area contributed by atoms with Gasteiger partial charge in [-0.25, -0.2) is 4.58 Å². The van der Waals surface area contributed by atoms with Crippen LogP contribution in [0, 0.1) is 0 Å². The van der Waals surface area contributed by atoms with Crippen molar-refractivity contribution in [3.05, 3.63) is 33.4 Å². The quantitative estimate of drug-likeness (QED) is 0.340. The molecule has 1 atom stereocenters. The van der Waals surface area contributed by atoms with Gasteiger partial charge in [-0.2, -0.15) is 0 Å². The molecule has 0 saturated carbocycles. The van der Waals surface area contributed by atoms with Crippen molar-refractivity contribution in [3.8, 4) is 0 Å². The molecule has 0 bridgehead atoms. The van der Waals surface area contributed by atoms with E-state index in [2.05, 4.69) is 52.3 Å². The van der Waals surface area contributed by atoms with Crippen molar-refractivity contribution in [2.45, 2.75) is 37.8 Å². The summed E-state index contributed by atoms with van der Waals surface area (Å²) in [7, 11) is 0. The summed E-state index contributed by atoms with van der Waals surface area (Å²) in [5, 5.41) is 19.0. The van der Waals surface area contributed by atoms with Gasteiger partial charge in [0.2, 0.25) is 11.5 Å². The molecule has 3 N–H and O–H groups in total. The van der Waals surface area contributed by atoms with Crippen LogP contribution in [-0.4, -0.2) is 71.1 Å². The van der Waals surface area contributed by atoms with Crippen molar-refractivity contribution < 1.29 is 9.13 Å². The van der Waals surface area contributed by atoms with Crippen LogP contribution in [0.15, 0.2) is 54.0 Å². The second-order valence-electron chi connectivity index (χ2n) is 8.15. The summed E-state index contributed by atoms with van der Waals surface area (Å²) in [5.74, 6) is 0.466. The molecular weight excluding hydrogens is 420 g/mol. The fraction of sp³-hybridized carbons (Fsp3) is 0.632. The first-order valence-electron chi connectivity index (χ1n) is 10.6. The zero-order valence-electron chi connectivity index (χ0n) is 16.8. The van der Waals surface area contributed by atoms with Crippen LogP contribution in [0.3, 0.4) is 0 Å². The number of piperidine rings is 1. The van der Waals surface area contributed by atoms with Crippen molar-refractivity contribution >= 4 is 29.7 Å². The molecule has 0 aromatic heterocycles. The molecule has 4 aliphatic heterocycles. The molecule has 160 valence electrons. The number of hydrogen-bond acceptors (Lipinski definition) is 10. The largest absolute Gasteiger partial charge is 0.325 e. The summed E-state index contributed by atoms with van der Waals surface area (Å²) in [6.45, 7) is 6.40. The van der Waals surface area contributed by atoms with Gasteiger partial charge < -0.3 is 9.87 Å². The van der Waals surface area contributed by atoms with Gasteiger partial charge in [0, 0.05) is 35.6 Å². The average Bonchev–Trinajstić information content (AvgIpc) is 3.46. The van der Waals surface area contributed by atoms with E-state index in [1.54, 1.807) is 11.9 Å². The Hall–Kier alpha value is -1.37. The Morgan fingerprint density at radius 3 is 2.63 bits per heavy atom. The minimum atomic E-state index is 0.425. The van der Waals surface area contributed by atoms with Crippen molar-refractivity contribution in [1.82, 2.24) is 14.9 Å². The highest BCUT2D eigenvalue weighted by atomic mass is 32.2. The van der Waals surface area contributed by atoms with Gasteiger partial charge in [-0.15, -0.1) is 10.2 Å². The molecule has 0 radical (unpaired) electrons. The van der Waals surface area contributed by atoms with E-state index in [1.165, 1.54) is 32.4 Å². The Kier molecular flexibility index (Phi) is 6.44. The lowest BCUT2D eigenvalue weighted by Crippen LogP contribution is -2.58. The number of allylic oxidation sites excluding steroid dienone is 3. The Labute approximate surface area is 184 Å². The molecule has 5 aliphatic rings. The Balaban J connectivity index is 1.39. The van der Waals surface area contributed by atoms with E-state index < -0.39 is 0 Å². The zero-order valence-corrected chi connectivity index (χ0v) is 18.5. The molecule has 0 aromatic carbocycles. The lowest BCUT2D eigenvalue weighted by Gasteiger charge is -2.37. The molecule has 9 nitrogen and oxygen atoms in total. The summed E-state index contributed by atoms with van der Waals surface area (Å²) in [6.07, 6.45) is 9.27. The van der Waals surface area contributed by atoms with E-state index in [-0.39, 0.29) is 0 Å². The highest BCUT2D eigenvalue weighted by molar-refractivity contribution is 8.04. The SMILES string of the molecule is OSC1=C(SN[C@@H]2CCNC2)C=CC(=[N+]2CC(N3CCCCC3)C2)C1=C1N=NN=N1. The summed E-state index contributed by atoms with van der Waals surface area (Å²) in [6, 6.07) is 1.03. The third kappa shape index (κ3) is 4.19. The van der Waals surface area contributed by atoms with E-state index in [4.69, 9.17) is 0 Å². The molecule has 1 aliphatic carbocycles. The normalized spacial score (nSPS) is 29.5. The standard InChI is InChI=1S/C19H26N8OS2/c28-30-18-16(29-23-13-6-7-20-10-13)5-4-15(17(18)19-21-24-25-22-19)27-11-14(12-27)26-8-2-1-3-9-26/h4-5,13-14,20,23H,1-3,6-12H2/p+1/t13-/m1/s1. The molecule has 3 fully saturated rings. The number of rotatable bonds is 5. The van der Waals surface area contributed by atoms with E-state index >= 15 is 0 Å². The zero-order chi connectivity index (χ0) is 20.3. The van der Waals surface area contributed by atoms with Gasteiger partial charge in [-0.3, -0.25) is 9.62 Å². The van der Waals surface area contributed by atoms with Gasteiger partial charge in [0.1, 0.15) is 11.6 Å². The average molecular weight is 448 g/mol. The summed E-state index contributed by atoms with van der Waals surface area (Å²) in [5.41, 5.74) is 1.86. The highest BCUT2D eigenvalue weighted by Gasteiger charge is 2.41. The minimum Gasteiger partial charge on any atom is -0.325 e. The first-order valence-corrected chi connectivity index (χ1v) is 12.2. The van der Waals surface area contributed by atoms with Gasteiger partial charge >= 0.3 is 0 Å². The molecule has 11 heteroatoms. The first-order chi connectivity index (χ1) is 14.8. The monoisotopic (exact) mass is 447 g/mol. The molecule has 4 heterocycles.